The summed E-state index contributed by atoms with van der Waals surface area (Å²) >= 11 is 5.89. The van der Waals surface area contributed by atoms with Crippen LogP contribution in [0.15, 0.2) is 42.5 Å². The summed E-state index contributed by atoms with van der Waals surface area (Å²) in [5.74, 6) is -0.189. The summed E-state index contributed by atoms with van der Waals surface area (Å²) < 4.78 is 4.79. The van der Waals surface area contributed by atoms with Crippen LogP contribution in [0.2, 0.25) is 5.02 Å². The molecule has 0 unspecified atom stereocenters. The summed E-state index contributed by atoms with van der Waals surface area (Å²) in [6.45, 7) is 4.04. The molecule has 0 aromatic heterocycles. The fourth-order valence-corrected chi connectivity index (χ4v) is 2.01. The summed E-state index contributed by atoms with van der Waals surface area (Å²) in [6.07, 6.45) is 0. The number of nitrogens with one attached hydrogen (secondary N) is 1. The van der Waals surface area contributed by atoms with E-state index in [0.29, 0.717) is 10.7 Å². The summed E-state index contributed by atoms with van der Waals surface area (Å²) in [6, 6.07) is 13.1. The predicted octanol–water partition coefficient (Wildman–Crippen LogP) is 3.77. The summed E-state index contributed by atoms with van der Waals surface area (Å²) in [5, 5.41) is 3.46. The number of rotatable bonds is 4. The maximum atomic E-state index is 11.5. The summed E-state index contributed by atoms with van der Waals surface area (Å²) in [7, 11) is 1.48. The molecule has 2 rings (SSSR count). The molecule has 103 valence electrons. The SMILES string of the molecule is [CH2]c1ccc(NC(=O)COC)cc1-c1ccc(Cl)cc1. The monoisotopic (exact) mass is 288 g/mol. The van der Waals surface area contributed by atoms with E-state index in [2.05, 4.69) is 12.2 Å². The van der Waals surface area contributed by atoms with Crippen LogP contribution in [-0.4, -0.2) is 19.6 Å². The molecule has 1 radical (unpaired) electrons. The fraction of sp³-hybridized carbons (Fsp3) is 0.125. The Kier molecular flexibility index (Phi) is 4.77. The third-order valence-electron chi connectivity index (χ3n) is 2.82. The summed E-state index contributed by atoms with van der Waals surface area (Å²) in [5.41, 5.74) is 3.56. The maximum absolute atomic E-state index is 11.5. The highest BCUT2D eigenvalue weighted by Gasteiger charge is 2.06. The van der Waals surface area contributed by atoms with Crippen molar-refractivity contribution in [2.24, 2.45) is 0 Å². The zero-order valence-corrected chi connectivity index (χ0v) is 11.9. The molecule has 0 spiro atoms. The highest BCUT2D eigenvalue weighted by molar-refractivity contribution is 6.30. The van der Waals surface area contributed by atoms with Gasteiger partial charge in [0.1, 0.15) is 6.61 Å². The topological polar surface area (TPSA) is 38.3 Å². The van der Waals surface area contributed by atoms with Gasteiger partial charge in [0.15, 0.2) is 0 Å². The van der Waals surface area contributed by atoms with Gasteiger partial charge in [-0.25, -0.2) is 0 Å². The van der Waals surface area contributed by atoms with Gasteiger partial charge in [-0.1, -0.05) is 29.8 Å². The molecule has 0 aliphatic carbocycles. The van der Waals surface area contributed by atoms with E-state index in [1.54, 1.807) is 0 Å². The van der Waals surface area contributed by atoms with Crippen LogP contribution >= 0.6 is 11.6 Å². The van der Waals surface area contributed by atoms with E-state index in [0.717, 1.165) is 16.7 Å². The molecule has 0 atom stereocenters. The minimum atomic E-state index is -0.189. The first-order chi connectivity index (χ1) is 9.60. The number of carbonyl (C=O) groups is 1. The van der Waals surface area contributed by atoms with Crippen LogP contribution in [0.5, 0.6) is 0 Å². The van der Waals surface area contributed by atoms with Crippen LogP contribution in [0.25, 0.3) is 11.1 Å². The molecule has 0 aliphatic heterocycles. The smallest absolute Gasteiger partial charge is 0.250 e. The molecule has 0 aliphatic rings. The lowest BCUT2D eigenvalue weighted by Crippen LogP contribution is -2.17. The molecule has 0 bridgehead atoms. The molecule has 2 aromatic carbocycles. The van der Waals surface area contributed by atoms with Crippen molar-refractivity contribution in [3.05, 3.63) is 60.0 Å². The van der Waals surface area contributed by atoms with Crippen LogP contribution in [0.1, 0.15) is 5.56 Å². The molecule has 0 heterocycles. The van der Waals surface area contributed by atoms with Gasteiger partial charge in [0.05, 0.1) is 0 Å². The largest absolute Gasteiger partial charge is 0.375 e. The molecule has 0 fully saturated rings. The Morgan fingerprint density at radius 3 is 2.60 bits per heavy atom. The van der Waals surface area contributed by atoms with Crippen molar-refractivity contribution in [1.29, 1.82) is 0 Å². The van der Waals surface area contributed by atoms with E-state index in [-0.39, 0.29) is 12.5 Å². The van der Waals surface area contributed by atoms with Crippen LogP contribution in [0.3, 0.4) is 0 Å². The standard InChI is InChI=1S/C16H15ClNO2/c1-11-3-8-14(18-16(19)10-20-2)9-15(11)12-4-6-13(17)7-5-12/h3-9H,1,10H2,2H3,(H,18,19). The molecule has 0 saturated heterocycles. The number of hydrogen-bond donors (Lipinski definition) is 1. The van der Waals surface area contributed by atoms with Crippen LogP contribution in [0, 0.1) is 6.92 Å². The molecular formula is C16H15ClNO2. The van der Waals surface area contributed by atoms with Crippen molar-refractivity contribution < 1.29 is 9.53 Å². The second-order valence-electron chi connectivity index (χ2n) is 4.36. The summed E-state index contributed by atoms with van der Waals surface area (Å²) in [4.78, 5) is 11.5. The van der Waals surface area contributed by atoms with E-state index in [9.17, 15) is 4.79 Å². The van der Waals surface area contributed by atoms with Crippen molar-refractivity contribution in [3.8, 4) is 11.1 Å². The van der Waals surface area contributed by atoms with Gasteiger partial charge in [0.25, 0.3) is 0 Å². The first kappa shape index (κ1) is 14.6. The van der Waals surface area contributed by atoms with Gasteiger partial charge >= 0.3 is 0 Å². The Morgan fingerprint density at radius 1 is 1.25 bits per heavy atom. The second kappa shape index (κ2) is 6.55. The Bertz CT molecular complexity index is 608. The molecule has 0 saturated carbocycles. The van der Waals surface area contributed by atoms with Crippen molar-refractivity contribution >= 4 is 23.2 Å². The lowest BCUT2D eigenvalue weighted by atomic mass is 10.00. The van der Waals surface area contributed by atoms with Gasteiger partial charge in [0, 0.05) is 17.8 Å². The Labute approximate surface area is 123 Å². The van der Waals surface area contributed by atoms with E-state index >= 15 is 0 Å². The minimum Gasteiger partial charge on any atom is -0.375 e. The number of amides is 1. The van der Waals surface area contributed by atoms with Crippen LogP contribution in [-0.2, 0) is 9.53 Å². The third kappa shape index (κ3) is 3.59. The molecule has 20 heavy (non-hydrogen) atoms. The predicted molar refractivity (Wildman–Crippen MR) is 81.9 cm³/mol. The molecule has 1 N–H and O–H groups in total. The molecule has 4 heteroatoms. The average Bonchev–Trinajstić information content (AvgIpc) is 2.42. The van der Waals surface area contributed by atoms with E-state index in [4.69, 9.17) is 16.3 Å². The number of ether oxygens (including phenoxy) is 1. The highest BCUT2D eigenvalue weighted by atomic mass is 35.5. The van der Waals surface area contributed by atoms with Crippen LogP contribution in [0.4, 0.5) is 5.69 Å². The van der Waals surface area contributed by atoms with Crippen molar-refractivity contribution in [2.75, 3.05) is 19.0 Å². The molecule has 3 nitrogen and oxygen atoms in total. The lowest BCUT2D eigenvalue weighted by Gasteiger charge is -2.10. The van der Waals surface area contributed by atoms with Gasteiger partial charge in [-0.2, -0.15) is 0 Å². The Morgan fingerprint density at radius 2 is 1.95 bits per heavy atom. The number of anilines is 1. The van der Waals surface area contributed by atoms with Crippen molar-refractivity contribution in [3.63, 3.8) is 0 Å². The first-order valence-electron chi connectivity index (χ1n) is 6.11. The normalized spacial score (nSPS) is 10.3. The average molecular weight is 289 g/mol. The number of halogens is 1. The molecular weight excluding hydrogens is 274 g/mol. The van der Waals surface area contributed by atoms with Crippen molar-refractivity contribution in [1.82, 2.24) is 0 Å². The van der Waals surface area contributed by atoms with Gasteiger partial charge in [-0.05, 0) is 47.9 Å². The zero-order chi connectivity index (χ0) is 14.5. The highest BCUT2D eigenvalue weighted by Crippen LogP contribution is 2.27. The first-order valence-corrected chi connectivity index (χ1v) is 6.48. The fourth-order valence-electron chi connectivity index (χ4n) is 1.88. The minimum absolute atomic E-state index is 0.0302. The Hall–Kier alpha value is -1.84. The van der Waals surface area contributed by atoms with Gasteiger partial charge in [0.2, 0.25) is 5.91 Å². The van der Waals surface area contributed by atoms with Crippen molar-refractivity contribution in [2.45, 2.75) is 0 Å². The number of methoxy groups -OCH3 is 1. The van der Waals surface area contributed by atoms with Gasteiger partial charge < -0.3 is 10.1 Å². The van der Waals surface area contributed by atoms with Gasteiger partial charge in [-0.15, -0.1) is 0 Å². The number of benzene rings is 2. The number of hydrogen-bond acceptors (Lipinski definition) is 2. The molecule has 1 amide bonds. The quantitative estimate of drug-likeness (QED) is 0.930. The second-order valence-corrected chi connectivity index (χ2v) is 4.80. The maximum Gasteiger partial charge on any atom is 0.250 e. The van der Waals surface area contributed by atoms with E-state index < -0.39 is 0 Å². The Balaban J connectivity index is 2.29. The number of carbonyl (C=O) groups excluding carboxylic acids is 1. The third-order valence-corrected chi connectivity index (χ3v) is 3.08. The van der Waals surface area contributed by atoms with Crippen LogP contribution < -0.4 is 5.32 Å². The van der Waals surface area contributed by atoms with Gasteiger partial charge in [-0.3, -0.25) is 4.79 Å². The van der Waals surface area contributed by atoms with E-state index in [1.165, 1.54) is 7.11 Å². The lowest BCUT2D eigenvalue weighted by molar-refractivity contribution is -0.119. The van der Waals surface area contributed by atoms with E-state index in [1.807, 2.05) is 42.5 Å². The molecule has 2 aromatic rings. The zero-order valence-electron chi connectivity index (χ0n) is 11.2.